The average Bonchev–Trinajstić information content (AvgIpc) is 3.15. The van der Waals surface area contributed by atoms with E-state index in [9.17, 15) is 4.21 Å². The minimum Gasteiger partial charge on any atom is -0.298 e. The number of hydrogen-bond donors (Lipinski definition) is 0. The molecule has 0 N–H and O–H groups in total. The number of rotatable bonds is 6. The van der Waals surface area contributed by atoms with Crippen LogP contribution in [0.2, 0.25) is 0 Å². The minimum absolute atomic E-state index is 0.520. The summed E-state index contributed by atoms with van der Waals surface area (Å²) in [6.45, 7) is 5.01. The van der Waals surface area contributed by atoms with Crippen LogP contribution >= 0.6 is 0 Å². The topological polar surface area (TPSA) is 38.1 Å². The molecule has 22 heavy (non-hydrogen) atoms. The molecule has 1 aliphatic heterocycles. The maximum Gasteiger partial charge on any atom is 0.0565 e. The van der Waals surface area contributed by atoms with Crippen molar-refractivity contribution >= 4 is 10.8 Å². The Morgan fingerprint density at radius 1 is 1.32 bits per heavy atom. The zero-order valence-electron chi connectivity index (χ0n) is 13.0. The van der Waals surface area contributed by atoms with Gasteiger partial charge in [-0.25, -0.2) is 0 Å². The van der Waals surface area contributed by atoms with E-state index in [0.717, 1.165) is 24.5 Å². The third-order valence-corrected chi connectivity index (χ3v) is 5.58. The SMILES string of the molecule is Cc1cnn(CC2CCCN2CCS(=O)c2ccccc2)c1. The van der Waals surface area contributed by atoms with Crippen molar-refractivity contribution in [1.29, 1.82) is 0 Å². The fourth-order valence-electron chi connectivity index (χ4n) is 3.07. The van der Waals surface area contributed by atoms with Gasteiger partial charge in [-0.1, -0.05) is 18.2 Å². The lowest BCUT2D eigenvalue weighted by Gasteiger charge is -2.24. The van der Waals surface area contributed by atoms with E-state index in [4.69, 9.17) is 0 Å². The van der Waals surface area contributed by atoms with Gasteiger partial charge in [0.05, 0.1) is 23.5 Å². The summed E-state index contributed by atoms with van der Waals surface area (Å²) in [6.07, 6.45) is 6.43. The van der Waals surface area contributed by atoms with Crippen molar-refractivity contribution in [3.05, 3.63) is 48.3 Å². The molecular formula is C17H23N3OS. The highest BCUT2D eigenvalue weighted by Crippen LogP contribution is 2.19. The standard InChI is InChI=1S/C17H23N3OS/c1-15-12-18-20(13-15)14-16-6-5-9-19(16)10-11-22(21)17-7-3-2-4-8-17/h2-4,7-8,12-13,16H,5-6,9-11,14H2,1H3. The molecular weight excluding hydrogens is 294 g/mol. The fraction of sp³-hybridized carbons (Fsp3) is 0.471. The van der Waals surface area contributed by atoms with E-state index in [1.165, 1.54) is 18.4 Å². The van der Waals surface area contributed by atoms with E-state index in [1.807, 2.05) is 41.2 Å². The van der Waals surface area contributed by atoms with Crippen LogP contribution in [0.4, 0.5) is 0 Å². The predicted molar refractivity (Wildman–Crippen MR) is 89.3 cm³/mol. The van der Waals surface area contributed by atoms with Crippen molar-refractivity contribution in [3.8, 4) is 0 Å². The van der Waals surface area contributed by atoms with Crippen molar-refractivity contribution in [3.63, 3.8) is 0 Å². The third-order valence-electron chi connectivity index (χ3n) is 4.23. The number of nitrogens with zero attached hydrogens (tertiary/aromatic N) is 3. The molecule has 0 spiro atoms. The first-order valence-electron chi connectivity index (χ1n) is 7.89. The summed E-state index contributed by atoms with van der Waals surface area (Å²) in [6, 6.07) is 10.3. The van der Waals surface area contributed by atoms with Gasteiger partial charge in [0.15, 0.2) is 0 Å². The Bertz CT molecular complexity index is 626. The first kappa shape index (κ1) is 15.4. The quantitative estimate of drug-likeness (QED) is 0.821. The van der Waals surface area contributed by atoms with Crippen LogP contribution in [0.3, 0.4) is 0 Å². The van der Waals surface area contributed by atoms with E-state index >= 15 is 0 Å². The lowest BCUT2D eigenvalue weighted by atomic mass is 10.2. The second-order valence-corrected chi connectivity index (χ2v) is 7.51. The largest absolute Gasteiger partial charge is 0.298 e. The number of hydrogen-bond acceptors (Lipinski definition) is 3. The van der Waals surface area contributed by atoms with Gasteiger partial charge < -0.3 is 0 Å². The second-order valence-electron chi connectivity index (χ2n) is 5.93. The van der Waals surface area contributed by atoms with Crippen LogP contribution in [0.1, 0.15) is 18.4 Å². The zero-order valence-corrected chi connectivity index (χ0v) is 13.8. The van der Waals surface area contributed by atoms with Gasteiger partial charge >= 0.3 is 0 Å². The van der Waals surface area contributed by atoms with Crippen molar-refractivity contribution in [2.24, 2.45) is 0 Å². The van der Waals surface area contributed by atoms with Gasteiger partial charge in [0.2, 0.25) is 0 Å². The minimum atomic E-state index is -0.901. The molecule has 2 heterocycles. The molecule has 1 aliphatic rings. The van der Waals surface area contributed by atoms with Gasteiger partial charge in [0, 0.05) is 29.4 Å². The average molecular weight is 317 g/mol. The lowest BCUT2D eigenvalue weighted by molar-refractivity contribution is 0.240. The second kappa shape index (κ2) is 7.20. The Morgan fingerprint density at radius 3 is 2.86 bits per heavy atom. The molecule has 5 heteroatoms. The van der Waals surface area contributed by atoms with Crippen LogP contribution in [0.5, 0.6) is 0 Å². The number of aryl methyl sites for hydroxylation is 1. The summed E-state index contributed by atoms with van der Waals surface area (Å²) < 4.78 is 14.4. The Kier molecular flexibility index (Phi) is 5.05. The van der Waals surface area contributed by atoms with Crippen LogP contribution in [0, 0.1) is 6.92 Å². The first-order valence-corrected chi connectivity index (χ1v) is 9.21. The molecule has 2 atom stereocenters. The molecule has 0 bridgehead atoms. The molecule has 4 nitrogen and oxygen atoms in total. The number of benzene rings is 1. The molecule has 1 aromatic carbocycles. The van der Waals surface area contributed by atoms with E-state index < -0.39 is 10.8 Å². The van der Waals surface area contributed by atoms with Gasteiger partial charge in [-0.15, -0.1) is 0 Å². The molecule has 0 saturated carbocycles. The van der Waals surface area contributed by atoms with Crippen LogP contribution in [0.15, 0.2) is 47.6 Å². The Hall–Kier alpha value is -1.46. The van der Waals surface area contributed by atoms with E-state index in [0.29, 0.717) is 11.8 Å². The van der Waals surface area contributed by atoms with E-state index in [2.05, 4.69) is 23.1 Å². The molecule has 0 amide bonds. The van der Waals surface area contributed by atoms with E-state index in [-0.39, 0.29) is 0 Å². The molecule has 0 aliphatic carbocycles. The number of aromatic nitrogens is 2. The molecule has 0 radical (unpaired) electrons. The van der Waals surface area contributed by atoms with Gasteiger partial charge in [-0.2, -0.15) is 5.10 Å². The highest BCUT2D eigenvalue weighted by molar-refractivity contribution is 7.85. The van der Waals surface area contributed by atoms with Crippen LogP contribution in [-0.4, -0.2) is 43.8 Å². The first-order chi connectivity index (χ1) is 10.7. The molecule has 1 aromatic heterocycles. The summed E-state index contributed by atoms with van der Waals surface area (Å²) in [5.74, 6) is 0.707. The lowest BCUT2D eigenvalue weighted by Crippen LogP contribution is -2.35. The van der Waals surface area contributed by atoms with Crippen molar-refractivity contribution < 1.29 is 4.21 Å². The summed E-state index contributed by atoms with van der Waals surface area (Å²) in [5.41, 5.74) is 1.20. The molecule has 2 aromatic rings. The van der Waals surface area contributed by atoms with Gasteiger partial charge in [-0.05, 0) is 44.0 Å². The van der Waals surface area contributed by atoms with Gasteiger partial charge in [-0.3, -0.25) is 13.8 Å². The fourth-order valence-corrected chi connectivity index (χ4v) is 4.17. The number of likely N-dealkylation sites (tertiary alicyclic amines) is 1. The Labute approximate surface area is 134 Å². The third kappa shape index (κ3) is 3.84. The van der Waals surface area contributed by atoms with Crippen LogP contribution in [0.25, 0.3) is 0 Å². The zero-order chi connectivity index (χ0) is 15.4. The molecule has 1 fully saturated rings. The molecule has 3 rings (SSSR count). The maximum absolute atomic E-state index is 12.3. The predicted octanol–water partition coefficient (Wildman–Crippen LogP) is 2.46. The normalized spacial score (nSPS) is 20.3. The molecule has 118 valence electrons. The maximum atomic E-state index is 12.3. The monoisotopic (exact) mass is 317 g/mol. The highest BCUT2D eigenvalue weighted by Gasteiger charge is 2.25. The molecule has 1 saturated heterocycles. The molecule has 2 unspecified atom stereocenters. The van der Waals surface area contributed by atoms with Gasteiger partial charge in [0.25, 0.3) is 0 Å². The summed E-state index contributed by atoms with van der Waals surface area (Å²) >= 11 is 0. The van der Waals surface area contributed by atoms with Crippen LogP contribution in [-0.2, 0) is 17.3 Å². The van der Waals surface area contributed by atoms with E-state index in [1.54, 1.807) is 0 Å². The summed E-state index contributed by atoms with van der Waals surface area (Å²) in [5, 5.41) is 4.39. The Balaban J connectivity index is 1.54. The summed E-state index contributed by atoms with van der Waals surface area (Å²) in [7, 11) is -0.901. The van der Waals surface area contributed by atoms with Crippen LogP contribution < -0.4 is 0 Å². The Morgan fingerprint density at radius 2 is 2.14 bits per heavy atom. The smallest absolute Gasteiger partial charge is 0.0565 e. The van der Waals surface area contributed by atoms with Crippen molar-refractivity contribution in [1.82, 2.24) is 14.7 Å². The summed E-state index contributed by atoms with van der Waals surface area (Å²) in [4.78, 5) is 3.40. The van der Waals surface area contributed by atoms with Crippen molar-refractivity contribution in [2.45, 2.75) is 37.2 Å². The van der Waals surface area contributed by atoms with Crippen molar-refractivity contribution in [2.75, 3.05) is 18.8 Å². The highest BCUT2D eigenvalue weighted by atomic mass is 32.2. The van der Waals surface area contributed by atoms with Gasteiger partial charge in [0.1, 0.15) is 0 Å².